The van der Waals surface area contributed by atoms with Crippen LogP contribution in [0.1, 0.15) is 13.3 Å². The number of hydrogen-bond donors (Lipinski definition) is 1. The molecule has 0 spiro atoms. The summed E-state index contributed by atoms with van der Waals surface area (Å²) in [7, 11) is 0. The number of halogens is 1. The van der Waals surface area contributed by atoms with Gasteiger partial charge in [0.15, 0.2) is 22.4 Å². The van der Waals surface area contributed by atoms with Gasteiger partial charge in [-0.3, -0.25) is 0 Å². The average Bonchev–Trinajstić information content (AvgIpc) is 1.84. The van der Waals surface area contributed by atoms with Crippen LogP contribution in [0.15, 0.2) is 0 Å². The molecule has 1 unspecified atom stereocenters. The topological polar surface area (TPSA) is 46.5 Å². The van der Waals surface area contributed by atoms with Gasteiger partial charge in [0.05, 0.1) is 0 Å². The predicted octanol–water partition coefficient (Wildman–Crippen LogP) is 0.610. The highest BCUT2D eigenvalue weighted by Crippen LogP contribution is 1.96. The monoisotopic (exact) mass is 182 g/mol. The Morgan fingerprint density at radius 3 is 2.62 bits per heavy atom. The fourth-order valence-corrected chi connectivity index (χ4v) is 0.434. The summed E-state index contributed by atoms with van der Waals surface area (Å²) in [6.07, 6.45) is -0.612. The van der Waals surface area contributed by atoms with Crippen LogP contribution in [0.3, 0.4) is 0 Å². The zero-order valence-corrected chi connectivity index (χ0v) is 6.01. The van der Waals surface area contributed by atoms with Crippen LogP contribution >= 0.6 is 16.3 Å². The zero-order valence-electron chi connectivity index (χ0n) is 4.43. The minimum absolute atomic E-state index is 0.379. The predicted molar refractivity (Wildman–Crippen MR) is 31.3 cm³/mol. The molecule has 0 saturated carbocycles. The lowest BCUT2D eigenvalue weighted by molar-refractivity contribution is -0.141. The maximum atomic E-state index is 10.2. The fraction of sp³-hybridized carbons (Fsp3) is 0.750. The number of aliphatic hydroxyl groups is 1. The fourth-order valence-electron chi connectivity index (χ4n) is 0.218. The third-order valence-electron chi connectivity index (χ3n) is 0.735. The van der Waals surface area contributed by atoms with Gasteiger partial charge in [0, 0.05) is 0 Å². The van der Waals surface area contributed by atoms with Crippen molar-refractivity contribution in [3.8, 4) is 0 Å². The van der Waals surface area contributed by atoms with Crippen LogP contribution in [0.2, 0.25) is 0 Å². The molecule has 0 aromatic heterocycles. The van der Waals surface area contributed by atoms with Crippen LogP contribution < -0.4 is 0 Å². The third kappa shape index (κ3) is 2.28. The van der Waals surface area contributed by atoms with E-state index in [1.807, 2.05) is 0 Å². The summed E-state index contributed by atoms with van der Waals surface area (Å²) in [4.78, 5) is 10.2. The molecule has 48 valence electrons. The quantitative estimate of drug-likeness (QED) is 0.682. The van der Waals surface area contributed by atoms with Gasteiger partial charge >= 0.3 is 5.97 Å². The van der Waals surface area contributed by atoms with Crippen molar-refractivity contribution in [2.24, 2.45) is 0 Å². The van der Waals surface area contributed by atoms with E-state index in [1.165, 1.54) is 0 Å². The van der Waals surface area contributed by atoms with E-state index >= 15 is 0 Å². The first-order valence-electron chi connectivity index (χ1n) is 2.22. The maximum absolute atomic E-state index is 10.2. The van der Waals surface area contributed by atoms with Crippen LogP contribution in [0.5, 0.6) is 0 Å². The summed E-state index contributed by atoms with van der Waals surface area (Å²) < 4.78 is 4.03. The second-order valence-electron chi connectivity index (χ2n) is 1.32. The van der Waals surface area contributed by atoms with E-state index in [-0.39, 0.29) is 0 Å². The second kappa shape index (κ2) is 3.86. The normalized spacial score (nSPS) is 12.9. The molecule has 4 heteroatoms. The average molecular weight is 183 g/mol. The number of carbonyl (C=O) groups excluding carboxylic acids is 1. The van der Waals surface area contributed by atoms with Crippen molar-refractivity contribution in [1.82, 2.24) is 0 Å². The van der Waals surface area contributed by atoms with Crippen molar-refractivity contribution in [2.75, 3.05) is 0 Å². The van der Waals surface area contributed by atoms with Crippen molar-refractivity contribution in [3.63, 3.8) is 0 Å². The number of carbonyl (C=O) groups is 1. The second-order valence-corrected chi connectivity index (χ2v) is 1.64. The lowest BCUT2D eigenvalue weighted by Gasteiger charge is -1.99. The summed E-state index contributed by atoms with van der Waals surface area (Å²) in [5, 5.41) is 8.62. The molecular formula is C4H7BrO3. The summed E-state index contributed by atoms with van der Waals surface area (Å²) in [5.41, 5.74) is 0. The molecule has 0 aromatic rings. The van der Waals surface area contributed by atoms with Crippen LogP contribution in [0.4, 0.5) is 0 Å². The van der Waals surface area contributed by atoms with E-state index in [0.29, 0.717) is 6.42 Å². The molecule has 0 radical (unpaired) electrons. The van der Waals surface area contributed by atoms with Gasteiger partial charge in [-0.15, -0.1) is 0 Å². The molecular weight excluding hydrogens is 176 g/mol. The molecule has 0 saturated heterocycles. The van der Waals surface area contributed by atoms with Gasteiger partial charge in [0.1, 0.15) is 0 Å². The molecule has 3 nitrogen and oxygen atoms in total. The third-order valence-corrected chi connectivity index (χ3v) is 1.05. The molecule has 0 rings (SSSR count). The van der Waals surface area contributed by atoms with Gasteiger partial charge in [-0.25, -0.2) is 4.79 Å². The first kappa shape index (κ1) is 7.91. The molecule has 0 fully saturated rings. The molecule has 1 N–H and O–H groups in total. The molecule has 0 amide bonds. The van der Waals surface area contributed by atoms with E-state index in [2.05, 4.69) is 20.1 Å². The molecule has 0 bridgehead atoms. The standard InChI is InChI=1S/C4H7BrO3/c1-2-3(6)4(7)8-5/h3,6H,2H2,1H3. The summed E-state index contributed by atoms with van der Waals surface area (Å²) in [6.45, 7) is 1.69. The van der Waals surface area contributed by atoms with Crippen molar-refractivity contribution in [3.05, 3.63) is 0 Å². The van der Waals surface area contributed by atoms with Crippen LogP contribution in [-0.2, 0) is 8.62 Å². The first-order chi connectivity index (χ1) is 3.72. The highest BCUT2D eigenvalue weighted by molar-refractivity contribution is 9.06. The van der Waals surface area contributed by atoms with E-state index in [0.717, 1.165) is 0 Å². The molecule has 1 atom stereocenters. The minimum Gasteiger partial charge on any atom is -0.382 e. The van der Waals surface area contributed by atoms with Crippen LogP contribution in [0, 0.1) is 0 Å². The Morgan fingerprint density at radius 1 is 2.00 bits per heavy atom. The van der Waals surface area contributed by atoms with Gasteiger partial charge in [0.25, 0.3) is 0 Å². The Labute approximate surface area is 56.1 Å². The van der Waals surface area contributed by atoms with Gasteiger partial charge in [-0.2, -0.15) is 0 Å². The van der Waals surface area contributed by atoms with Gasteiger partial charge < -0.3 is 8.93 Å². The van der Waals surface area contributed by atoms with Crippen molar-refractivity contribution in [1.29, 1.82) is 0 Å². The molecule has 8 heavy (non-hydrogen) atoms. The van der Waals surface area contributed by atoms with E-state index in [4.69, 9.17) is 5.11 Å². The molecule has 0 aliphatic heterocycles. The molecule has 0 aliphatic carbocycles. The Hall–Kier alpha value is -0.0900. The Bertz CT molecular complexity index is 83.4. The summed E-state index contributed by atoms with van der Waals surface area (Å²) in [6, 6.07) is 0. The SMILES string of the molecule is CCC(O)C(=O)OBr. The summed E-state index contributed by atoms with van der Waals surface area (Å²) in [5.74, 6) is -0.646. The van der Waals surface area contributed by atoms with Crippen LogP contribution in [-0.4, -0.2) is 17.2 Å². The van der Waals surface area contributed by atoms with Gasteiger partial charge in [-0.1, -0.05) is 6.92 Å². The van der Waals surface area contributed by atoms with Gasteiger partial charge in [0.2, 0.25) is 0 Å². The molecule has 0 aromatic carbocycles. The Balaban J connectivity index is 3.46. The van der Waals surface area contributed by atoms with Crippen molar-refractivity contribution < 1.29 is 13.7 Å². The first-order valence-corrected chi connectivity index (χ1v) is 2.87. The highest BCUT2D eigenvalue weighted by atomic mass is 79.9. The largest absolute Gasteiger partial charge is 0.382 e. The molecule has 0 aliphatic rings. The van der Waals surface area contributed by atoms with E-state index < -0.39 is 12.1 Å². The van der Waals surface area contributed by atoms with E-state index in [9.17, 15) is 4.79 Å². The Morgan fingerprint density at radius 2 is 2.50 bits per heavy atom. The Kier molecular flexibility index (Phi) is 3.81. The van der Waals surface area contributed by atoms with Gasteiger partial charge in [-0.05, 0) is 6.42 Å². The number of hydrogen-bond acceptors (Lipinski definition) is 3. The summed E-state index contributed by atoms with van der Waals surface area (Å²) >= 11 is 2.45. The number of rotatable bonds is 2. The lowest BCUT2D eigenvalue weighted by atomic mass is 10.3. The maximum Gasteiger partial charge on any atom is 0.346 e. The van der Waals surface area contributed by atoms with Crippen molar-refractivity contribution >= 4 is 22.2 Å². The smallest absolute Gasteiger partial charge is 0.346 e. The minimum atomic E-state index is -0.991. The lowest BCUT2D eigenvalue weighted by Crippen LogP contribution is -2.18. The highest BCUT2D eigenvalue weighted by Gasteiger charge is 2.11. The van der Waals surface area contributed by atoms with Crippen LogP contribution in [0.25, 0.3) is 0 Å². The van der Waals surface area contributed by atoms with Crippen molar-refractivity contribution in [2.45, 2.75) is 19.4 Å². The molecule has 0 heterocycles. The zero-order chi connectivity index (χ0) is 6.57. The van der Waals surface area contributed by atoms with E-state index in [1.54, 1.807) is 6.92 Å². The number of aliphatic hydroxyl groups excluding tert-OH is 1.